The lowest BCUT2D eigenvalue weighted by molar-refractivity contribution is -0.137. The van der Waals surface area contributed by atoms with Crippen LogP contribution in [0.5, 0.6) is 5.75 Å². The molecule has 0 radical (unpaired) electrons. The molecule has 2 atom stereocenters. The molecule has 1 amide bonds. The first kappa shape index (κ1) is 16.1. The number of amides is 1. The summed E-state index contributed by atoms with van der Waals surface area (Å²) in [5, 5.41) is 9.38. The van der Waals surface area contributed by atoms with Crippen LogP contribution < -0.4 is 4.90 Å². The number of carbonyl (C=O) groups is 1. The highest BCUT2D eigenvalue weighted by Crippen LogP contribution is 2.25. The largest absolute Gasteiger partial charge is 0.508 e. The highest BCUT2D eigenvalue weighted by atomic mass is 16.3. The van der Waals surface area contributed by atoms with Gasteiger partial charge in [0, 0.05) is 43.8 Å². The van der Waals surface area contributed by atoms with Gasteiger partial charge in [0.05, 0.1) is 0 Å². The summed E-state index contributed by atoms with van der Waals surface area (Å²) < 4.78 is 0. The topological polar surface area (TPSA) is 47.0 Å². The molecule has 1 aromatic carbocycles. The van der Waals surface area contributed by atoms with E-state index in [9.17, 15) is 9.90 Å². The second kappa shape index (κ2) is 6.79. The molecule has 2 aliphatic heterocycles. The van der Waals surface area contributed by atoms with Crippen molar-refractivity contribution in [2.24, 2.45) is 5.92 Å². The summed E-state index contributed by atoms with van der Waals surface area (Å²) in [6, 6.07) is 7.80. The van der Waals surface area contributed by atoms with Crippen LogP contribution in [0.25, 0.3) is 0 Å². The summed E-state index contributed by atoms with van der Waals surface area (Å²) in [5.41, 5.74) is 1.11. The van der Waals surface area contributed by atoms with Crippen molar-refractivity contribution in [1.82, 2.24) is 9.80 Å². The molecule has 5 heteroatoms. The van der Waals surface area contributed by atoms with E-state index in [1.165, 1.54) is 0 Å². The average Bonchev–Trinajstić information content (AvgIpc) is 2.57. The third-order valence-corrected chi connectivity index (χ3v) is 5.36. The quantitative estimate of drug-likeness (QED) is 0.903. The van der Waals surface area contributed by atoms with Crippen LogP contribution >= 0.6 is 0 Å². The van der Waals surface area contributed by atoms with Crippen molar-refractivity contribution in [2.75, 3.05) is 44.7 Å². The van der Waals surface area contributed by atoms with Crippen LogP contribution in [0.3, 0.4) is 0 Å². The standard InChI is InChI=1S/C18H27N3O2/c1-14-13-15(7-8-19(14)2)18(23)21-11-9-20(10-12-21)16-3-5-17(22)6-4-16/h3-6,14-15,22H,7-13H2,1-2H3/t14-,15-/m1/s1. The van der Waals surface area contributed by atoms with Crippen molar-refractivity contribution in [1.29, 1.82) is 0 Å². The monoisotopic (exact) mass is 317 g/mol. The van der Waals surface area contributed by atoms with Gasteiger partial charge in [0.1, 0.15) is 5.75 Å². The van der Waals surface area contributed by atoms with Crippen molar-refractivity contribution < 1.29 is 9.90 Å². The van der Waals surface area contributed by atoms with Crippen LogP contribution in [0, 0.1) is 5.92 Å². The summed E-state index contributed by atoms with van der Waals surface area (Å²) in [6.07, 6.45) is 1.96. The fraction of sp³-hybridized carbons (Fsp3) is 0.611. The molecule has 0 unspecified atom stereocenters. The number of benzene rings is 1. The Bertz CT molecular complexity index is 538. The molecule has 0 aromatic heterocycles. The maximum atomic E-state index is 12.7. The van der Waals surface area contributed by atoms with E-state index in [4.69, 9.17) is 0 Å². The van der Waals surface area contributed by atoms with E-state index < -0.39 is 0 Å². The number of phenolic OH excluding ortho intramolecular Hbond substituents is 1. The summed E-state index contributed by atoms with van der Waals surface area (Å²) in [5.74, 6) is 0.829. The zero-order valence-electron chi connectivity index (χ0n) is 14.1. The van der Waals surface area contributed by atoms with Gasteiger partial charge in [0.25, 0.3) is 0 Å². The fourth-order valence-corrected chi connectivity index (χ4v) is 3.62. The van der Waals surface area contributed by atoms with Gasteiger partial charge in [0.2, 0.25) is 5.91 Å². The maximum absolute atomic E-state index is 12.7. The number of aromatic hydroxyl groups is 1. The highest BCUT2D eigenvalue weighted by molar-refractivity contribution is 5.79. The molecule has 0 spiro atoms. The Labute approximate surface area is 138 Å². The molecule has 3 rings (SSSR count). The molecule has 2 aliphatic rings. The molecule has 1 aromatic rings. The van der Waals surface area contributed by atoms with Crippen LogP contribution in [-0.4, -0.2) is 66.6 Å². The van der Waals surface area contributed by atoms with E-state index in [1.54, 1.807) is 12.1 Å². The molecule has 23 heavy (non-hydrogen) atoms. The van der Waals surface area contributed by atoms with E-state index in [-0.39, 0.29) is 5.92 Å². The van der Waals surface area contributed by atoms with Gasteiger partial charge < -0.3 is 19.8 Å². The predicted octanol–water partition coefficient (Wildman–Crippen LogP) is 1.77. The number of anilines is 1. The Morgan fingerprint density at radius 1 is 1.09 bits per heavy atom. The highest BCUT2D eigenvalue weighted by Gasteiger charge is 2.32. The van der Waals surface area contributed by atoms with Crippen LogP contribution in [0.15, 0.2) is 24.3 Å². The fourth-order valence-electron chi connectivity index (χ4n) is 3.62. The van der Waals surface area contributed by atoms with Gasteiger partial charge in [-0.3, -0.25) is 4.79 Å². The number of hydrogen-bond acceptors (Lipinski definition) is 4. The van der Waals surface area contributed by atoms with E-state index in [0.717, 1.165) is 51.3 Å². The minimum absolute atomic E-state index is 0.196. The van der Waals surface area contributed by atoms with Crippen LogP contribution in [0.2, 0.25) is 0 Å². The Morgan fingerprint density at radius 2 is 1.74 bits per heavy atom. The van der Waals surface area contributed by atoms with Crippen molar-refractivity contribution in [3.63, 3.8) is 0 Å². The minimum atomic E-state index is 0.196. The predicted molar refractivity (Wildman–Crippen MR) is 91.7 cm³/mol. The number of piperidine rings is 1. The molecule has 2 saturated heterocycles. The second-order valence-corrected chi connectivity index (χ2v) is 6.88. The van der Waals surface area contributed by atoms with Crippen molar-refractivity contribution in [3.05, 3.63) is 24.3 Å². The van der Waals surface area contributed by atoms with Crippen molar-refractivity contribution in [3.8, 4) is 5.75 Å². The summed E-state index contributed by atoms with van der Waals surface area (Å²) in [7, 11) is 2.14. The zero-order valence-corrected chi connectivity index (χ0v) is 14.1. The lowest BCUT2D eigenvalue weighted by Crippen LogP contribution is -2.52. The molecule has 126 valence electrons. The summed E-state index contributed by atoms with van der Waals surface area (Å²) >= 11 is 0. The molecule has 0 saturated carbocycles. The van der Waals surface area contributed by atoms with Gasteiger partial charge in [0.15, 0.2) is 0 Å². The van der Waals surface area contributed by atoms with Crippen molar-refractivity contribution >= 4 is 11.6 Å². The third kappa shape index (κ3) is 3.61. The van der Waals surface area contributed by atoms with E-state index in [1.807, 2.05) is 17.0 Å². The Balaban J connectivity index is 1.54. The Hall–Kier alpha value is -1.75. The normalized spacial score (nSPS) is 26.3. The second-order valence-electron chi connectivity index (χ2n) is 6.88. The number of likely N-dealkylation sites (tertiary alicyclic amines) is 1. The molecule has 2 heterocycles. The van der Waals surface area contributed by atoms with Gasteiger partial charge in [-0.15, -0.1) is 0 Å². The first-order valence-corrected chi connectivity index (χ1v) is 8.57. The molecule has 0 bridgehead atoms. The maximum Gasteiger partial charge on any atom is 0.225 e. The van der Waals surface area contributed by atoms with Crippen molar-refractivity contribution in [2.45, 2.75) is 25.8 Å². The van der Waals surface area contributed by atoms with Crippen LogP contribution in [0.4, 0.5) is 5.69 Å². The minimum Gasteiger partial charge on any atom is -0.508 e. The van der Waals surface area contributed by atoms with E-state index >= 15 is 0 Å². The smallest absolute Gasteiger partial charge is 0.225 e. The van der Waals surface area contributed by atoms with Crippen LogP contribution in [-0.2, 0) is 4.79 Å². The number of carbonyl (C=O) groups excluding carboxylic acids is 1. The summed E-state index contributed by atoms with van der Waals surface area (Å²) in [4.78, 5) is 19.4. The molecule has 0 aliphatic carbocycles. The zero-order chi connectivity index (χ0) is 16.4. The third-order valence-electron chi connectivity index (χ3n) is 5.36. The molecular weight excluding hydrogens is 290 g/mol. The first-order chi connectivity index (χ1) is 11.0. The first-order valence-electron chi connectivity index (χ1n) is 8.57. The molecule has 2 fully saturated rings. The SMILES string of the molecule is C[C@@H]1C[C@H](C(=O)N2CCN(c3ccc(O)cc3)CC2)CCN1C. The van der Waals surface area contributed by atoms with E-state index in [0.29, 0.717) is 17.7 Å². The Kier molecular flexibility index (Phi) is 4.76. The van der Waals surface area contributed by atoms with Gasteiger partial charge in [-0.2, -0.15) is 0 Å². The lowest BCUT2D eigenvalue weighted by Gasteiger charge is -2.40. The average molecular weight is 317 g/mol. The number of hydrogen-bond donors (Lipinski definition) is 1. The van der Waals surface area contributed by atoms with Gasteiger partial charge in [-0.05, 0) is 57.6 Å². The number of nitrogens with zero attached hydrogens (tertiary/aromatic N) is 3. The van der Waals surface area contributed by atoms with Gasteiger partial charge >= 0.3 is 0 Å². The number of phenols is 1. The summed E-state index contributed by atoms with van der Waals surface area (Å²) in [6.45, 7) is 6.53. The van der Waals surface area contributed by atoms with Crippen LogP contribution in [0.1, 0.15) is 19.8 Å². The van der Waals surface area contributed by atoms with E-state index in [2.05, 4.69) is 23.8 Å². The lowest BCUT2D eigenvalue weighted by atomic mass is 9.90. The Morgan fingerprint density at radius 3 is 2.35 bits per heavy atom. The molecular formula is C18H27N3O2. The van der Waals surface area contributed by atoms with Gasteiger partial charge in [-0.25, -0.2) is 0 Å². The molecule has 1 N–H and O–H groups in total. The number of piperazine rings is 1. The van der Waals surface area contributed by atoms with Gasteiger partial charge in [-0.1, -0.05) is 0 Å². The molecule has 5 nitrogen and oxygen atoms in total. The number of rotatable bonds is 2.